The van der Waals surface area contributed by atoms with Crippen LogP contribution in [0.2, 0.25) is 0 Å². The first kappa shape index (κ1) is 79.2. The van der Waals surface area contributed by atoms with Crippen LogP contribution in [0.15, 0.2) is 255 Å². The molecule has 0 amide bonds. The molecule has 2 aromatic heterocycles. The molecule has 0 atom stereocenters. The smallest absolute Gasteiger partial charge is 0.0541 e. The molecule has 0 N–H and O–H groups in total. The predicted molar refractivity (Wildman–Crippen MR) is 508 cm³/mol. The third-order valence-corrected chi connectivity index (χ3v) is 27.9. The van der Waals surface area contributed by atoms with Gasteiger partial charge >= 0.3 is 0 Å². The molecule has 117 heavy (non-hydrogen) atoms. The van der Waals surface area contributed by atoms with Gasteiger partial charge in [0.05, 0.1) is 22.1 Å². The van der Waals surface area contributed by atoms with Crippen molar-refractivity contribution in [2.24, 2.45) is 0 Å². The topological polar surface area (TPSA) is 9.86 Å². The molecule has 14 aromatic rings. The Hall–Kier alpha value is -10.3. The summed E-state index contributed by atoms with van der Waals surface area (Å²) in [4.78, 5) is 0. The molecule has 0 saturated heterocycles. The number of aromatic nitrogens is 2. The van der Waals surface area contributed by atoms with E-state index in [0.717, 1.165) is 0 Å². The van der Waals surface area contributed by atoms with Crippen molar-refractivity contribution in [2.75, 3.05) is 0 Å². The Morgan fingerprint density at radius 1 is 0.205 bits per heavy atom. The SMILES string of the molecule is CCCCCCC1(CCCCCC)c2cc(/C=C/c3ccc(-n4c5ccccc5c5ccccc54)cc3)ccc2-c2ccc(-c3ccc4c(c3)C(CCCCCC)(CCCCCC)c3cc(-c5ccc6c(c5)C(CCCCCC)(CCCCCC)c5cc(/C=C/c7ccc(-n8c9ccccc9c9ccccc98)cc7)ccc5-6)ccc3-4)cc21. The van der Waals surface area contributed by atoms with Gasteiger partial charge in [-0.15, -0.1) is 0 Å². The molecule has 3 aliphatic rings. The first-order valence-electron chi connectivity index (χ1n) is 46.2. The van der Waals surface area contributed by atoms with Gasteiger partial charge in [-0.05, 0) is 223 Å². The van der Waals surface area contributed by atoms with Crippen LogP contribution in [0, 0.1) is 0 Å². The van der Waals surface area contributed by atoms with Crippen molar-refractivity contribution in [3.63, 3.8) is 0 Å². The normalized spacial score (nSPS) is 14.0. The summed E-state index contributed by atoms with van der Waals surface area (Å²) in [6, 6.07) is 100. The van der Waals surface area contributed by atoms with Gasteiger partial charge in [0.2, 0.25) is 0 Å². The fourth-order valence-electron chi connectivity index (χ4n) is 21.8. The number of rotatable bonds is 38. The third-order valence-electron chi connectivity index (χ3n) is 27.9. The molecule has 0 bridgehead atoms. The molecule has 12 aromatic carbocycles. The average molecular weight is 1530 g/mol. The fraction of sp³-hybridized carbons (Fsp3) is 0.339. The van der Waals surface area contributed by atoms with E-state index in [1.807, 2.05) is 0 Å². The van der Waals surface area contributed by atoms with Gasteiger partial charge < -0.3 is 9.13 Å². The van der Waals surface area contributed by atoms with E-state index in [2.05, 4.69) is 330 Å². The first-order valence-corrected chi connectivity index (χ1v) is 46.2. The second-order valence-corrected chi connectivity index (χ2v) is 35.4. The molecule has 17 rings (SSSR count). The van der Waals surface area contributed by atoms with Crippen molar-refractivity contribution in [1.29, 1.82) is 0 Å². The quantitative estimate of drug-likeness (QED) is 0.0270. The van der Waals surface area contributed by atoms with E-state index < -0.39 is 0 Å². The summed E-state index contributed by atoms with van der Waals surface area (Å²) in [5.74, 6) is 0. The van der Waals surface area contributed by atoms with Crippen LogP contribution in [0.3, 0.4) is 0 Å². The number of fused-ring (bicyclic) bond motifs is 15. The first-order chi connectivity index (χ1) is 57.7. The van der Waals surface area contributed by atoms with Crippen LogP contribution in [0.5, 0.6) is 0 Å². The Labute approximate surface area is 700 Å². The highest BCUT2D eigenvalue weighted by molar-refractivity contribution is 6.10. The minimum atomic E-state index is -0.0979. The van der Waals surface area contributed by atoms with Crippen LogP contribution in [-0.2, 0) is 16.2 Å². The van der Waals surface area contributed by atoms with E-state index in [9.17, 15) is 0 Å². The number of unbranched alkanes of at least 4 members (excludes halogenated alkanes) is 18. The maximum atomic E-state index is 2.74. The molecule has 0 saturated carbocycles. The lowest BCUT2D eigenvalue weighted by Gasteiger charge is -2.34. The van der Waals surface area contributed by atoms with Gasteiger partial charge in [0.25, 0.3) is 0 Å². The zero-order valence-electron chi connectivity index (χ0n) is 71.2. The Kier molecular flexibility index (Phi) is 24.3. The number of nitrogens with zero attached hydrogens (tertiary/aromatic N) is 2. The lowest BCUT2D eigenvalue weighted by Crippen LogP contribution is -2.26. The maximum Gasteiger partial charge on any atom is 0.0541 e. The number of hydrogen-bond acceptors (Lipinski definition) is 0. The van der Waals surface area contributed by atoms with Gasteiger partial charge in [0.1, 0.15) is 0 Å². The zero-order chi connectivity index (χ0) is 79.7. The van der Waals surface area contributed by atoms with Crippen molar-refractivity contribution < 1.29 is 0 Å². The largest absolute Gasteiger partial charge is 0.309 e. The molecule has 0 radical (unpaired) electrons. The molecular weight excluding hydrogens is 1410 g/mol. The highest BCUT2D eigenvalue weighted by Gasteiger charge is 2.46. The van der Waals surface area contributed by atoms with Crippen LogP contribution in [-0.4, -0.2) is 9.13 Å². The molecule has 0 fully saturated rings. The van der Waals surface area contributed by atoms with Crippen molar-refractivity contribution >= 4 is 67.9 Å². The summed E-state index contributed by atoms with van der Waals surface area (Å²) in [5, 5.41) is 5.17. The third kappa shape index (κ3) is 15.4. The summed E-state index contributed by atoms with van der Waals surface area (Å²) in [5.41, 5.74) is 35.7. The van der Waals surface area contributed by atoms with Gasteiger partial charge in [0.15, 0.2) is 0 Å². The van der Waals surface area contributed by atoms with Gasteiger partial charge in [-0.3, -0.25) is 0 Å². The van der Waals surface area contributed by atoms with E-state index >= 15 is 0 Å². The lowest BCUT2D eigenvalue weighted by atomic mass is 9.69. The summed E-state index contributed by atoms with van der Waals surface area (Å²) in [6.07, 6.45) is 46.7. The Morgan fingerprint density at radius 3 is 0.667 bits per heavy atom. The Morgan fingerprint density at radius 2 is 0.419 bits per heavy atom. The standard InChI is InChI=1S/C115H124N2/c1-7-13-19-33-71-113(72-34-20-14-8-2)103-77-85(49-47-83-51-61-91(62-52-83)116-109-43-29-25-39-99(109)100-40-26-30-44-110(100)116)55-65-93(103)95-67-57-87(79-105(95)113)89-59-69-97-98-70-60-90(82-108(98)115(107(97)81-89,75-37-23-17-11-5)76-38-24-18-12-6)88-58-68-96-94-66-56-86(78-104(94)114(106(96)80-88,73-35-21-15-9-3)74-36-22-16-10-4)50-48-84-53-63-92(64-54-84)117-111-45-31-27-41-101(111)102-42-28-32-46-112(102)117/h25-32,39-70,77-82H,7-24,33-38,71-76H2,1-6H3/b49-47+,50-48+. The van der Waals surface area contributed by atoms with E-state index in [4.69, 9.17) is 0 Å². The maximum absolute atomic E-state index is 2.74. The van der Waals surface area contributed by atoms with Crippen LogP contribution in [0.1, 0.15) is 290 Å². The number of para-hydroxylation sites is 4. The van der Waals surface area contributed by atoms with Gasteiger partial charge in [0, 0.05) is 49.2 Å². The number of benzene rings is 12. The summed E-state index contributed by atoms with van der Waals surface area (Å²) >= 11 is 0. The van der Waals surface area contributed by atoms with Crippen LogP contribution < -0.4 is 0 Å². The molecular formula is C115H124N2. The van der Waals surface area contributed by atoms with Crippen molar-refractivity contribution in [1.82, 2.24) is 9.13 Å². The minimum Gasteiger partial charge on any atom is -0.309 e. The van der Waals surface area contributed by atoms with E-state index in [-0.39, 0.29) is 16.2 Å². The second-order valence-electron chi connectivity index (χ2n) is 35.4. The van der Waals surface area contributed by atoms with Gasteiger partial charge in [-0.1, -0.05) is 402 Å². The molecule has 0 spiro atoms. The van der Waals surface area contributed by atoms with Gasteiger partial charge in [-0.25, -0.2) is 0 Å². The molecule has 0 aliphatic heterocycles. The second kappa shape index (κ2) is 35.9. The lowest BCUT2D eigenvalue weighted by molar-refractivity contribution is 0.400. The molecule has 0 unspecified atom stereocenters. The minimum absolute atomic E-state index is 0.0716. The Bertz CT molecular complexity index is 5390. The van der Waals surface area contributed by atoms with E-state index in [0.29, 0.717) is 0 Å². The molecule has 3 aliphatic carbocycles. The van der Waals surface area contributed by atoms with Crippen LogP contribution in [0.25, 0.3) is 135 Å². The highest BCUT2D eigenvalue weighted by atomic mass is 15.0. The van der Waals surface area contributed by atoms with Crippen molar-refractivity contribution in [2.45, 2.75) is 250 Å². The van der Waals surface area contributed by atoms with E-state index in [1.54, 1.807) is 33.4 Å². The summed E-state index contributed by atoms with van der Waals surface area (Å²) in [7, 11) is 0. The van der Waals surface area contributed by atoms with Crippen molar-refractivity contribution in [3.8, 4) is 67.0 Å². The molecule has 2 nitrogen and oxygen atoms in total. The fourth-order valence-corrected chi connectivity index (χ4v) is 21.8. The van der Waals surface area contributed by atoms with E-state index in [1.165, 1.54) is 325 Å². The van der Waals surface area contributed by atoms with Crippen LogP contribution in [0.4, 0.5) is 0 Å². The summed E-state index contributed by atoms with van der Waals surface area (Å²) < 4.78 is 4.84. The van der Waals surface area contributed by atoms with Gasteiger partial charge in [-0.2, -0.15) is 0 Å². The molecule has 594 valence electrons. The highest BCUT2D eigenvalue weighted by Crippen LogP contribution is 2.60. The predicted octanol–water partition coefficient (Wildman–Crippen LogP) is 34.2. The number of hydrogen-bond donors (Lipinski definition) is 0. The molecule has 2 heterocycles. The summed E-state index contributed by atoms with van der Waals surface area (Å²) in [6.45, 7) is 14.2. The Balaban J connectivity index is 0.717. The van der Waals surface area contributed by atoms with Crippen molar-refractivity contribution in [3.05, 3.63) is 310 Å². The molecule has 2 heteroatoms. The zero-order valence-corrected chi connectivity index (χ0v) is 71.2. The monoisotopic (exact) mass is 1530 g/mol. The van der Waals surface area contributed by atoms with Crippen LogP contribution >= 0.6 is 0 Å². The average Bonchev–Trinajstić information content (AvgIpc) is 1.56.